The standard InChI is InChI=1S/C16H24N4/c1-11-9-12(2)19-16(15(11)13(3)18-10-17)20-14-7-5-4-6-8-14/h9-10,14H,3-8H2,1-2H3,(H2,17,18)(H,19,20). The normalized spacial score (nSPS) is 16.5. The van der Waals surface area contributed by atoms with E-state index in [9.17, 15) is 0 Å². The molecule has 0 aromatic carbocycles. The summed E-state index contributed by atoms with van der Waals surface area (Å²) in [5, 5.41) is 3.58. The maximum absolute atomic E-state index is 5.39. The molecule has 20 heavy (non-hydrogen) atoms. The van der Waals surface area contributed by atoms with Crippen LogP contribution in [0, 0.1) is 13.8 Å². The molecule has 0 bridgehead atoms. The monoisotopic (exact) mass is 272 g/mol. The molecule has 0 saturated heterocycles. The molecule has 0 aliphatic heterocycles. The maximum atomic E-state index is 5.39. The fourth-order valence-corrected chi connectivity index (χ4v) is 2.90. The number of nitrogens with zero attached hydrogens (tertiary/aromatic N) is 2. The number of aliphatic imine (C=N–C) groups is 1. The molecule has 4 nitrogen and oxygen atoms in total. The van der Waals surface area contributed by atoms with E-state index in [0.717, 1.165) is 22.6 Å². The Balaban J connectivity index is 2.31. The van der Waals surface area contributed by atoms with Crippen LogP contribution in [0.3, 0.4) is 0 Å². The summed E-state index contributed by atoms with van der Waals surface area (Å²) in [5.74, 6) is 0.894. The highest BCUT2D eigenvalue weighted by Gasteiger charge is 2.17. The highest BCUT2D eigenvalue weighted by atomic mass is 15.0. The minimum atomic E-state index is 0.505. The van der Waals surface area contributed by atoms with E-state index in [-0.39, 0.29) is 0 Å². The first-order chi connectivity index (χ1) is 9.61. The largest absolute Gasteiger partial charge is 0.390 e. The number of rotatable bonds is 4. The van der Waals surface area contributed by atoms with Crippen LogP contribution in [0.4, 0.5) is 5.82 Å². The second-order valence-corrected chi connectivity index (χ2v) is 5.51. The molecular formula is C16H24N4. The van der Waals surface area contributed by atoms with Gasteiger partial charge in [0.25, 0.3) is 0 Å². The third-order valence-electron chi connectivity index (χ3n) is 3.81. The van der Waals surface area contributed by atoms with Gasteiger partial charge in [0, 0.05) is 17.3 Å². The summed E-state index contributed by atoms with van der Waals surface area (Å²) in [6.45, 7) is 8.08. The minimum absolute atomic E-state index is 0.505. The van der Waals surface area contributed by atoms with Crippen molar-refractivity contribution in [2.75, 3.05) is 5.32 Å². The summed E-state index contributed by atoms with van der Waals surface area (Å²) >= 11 is 0. The highest BCUT2D eigenvalue weighted by Crippen LogP contribution is 2.29. The van der Waals surface area contributed by atoms with Crippen molar-refractivity contribution in [2.45, 2.75) is 52.0 Å². The van der Waals surface area contributed by atoms with Crippen molar-refractivity contribution < 1.29 is 0 Å². The van der Waals surface area contributed by atoms with Gasteiger partial charge in [-0.15, -0.1) is 0 Å². The molecule has 0 amide bonds. The number of hydrogen-bond donors (Lipinski definition) is 2. The molecule has 0 radical (unpaired) electrons. The van der Waals surface area contributed by atoms with Gasteiger partial charge in [0.05, 0.1) is 12.0 Å². The van der Waals surface area contributed by atoms with Crippen LogP contribution in [-0.2, 0) is 0 Å². The number of hydrogen-bond acceptors (Lipinski definition) is 3. The van der Waals surface area contributed by atoms with Crippen LogP contribution in [0.5, 0.6) is 0 Å². The Bertz CT molecular complexity index is 513. The summed E-state index contributed by atoms with van der Waals surface area (Å²) in [6.07, 6.45) is 7.63. The fraction of sp³-hybridized carbons (Fsp3) is 0.500. The van der Waals surface area contributed by atoms with Crippen molar-refractivity contribution >= 4 is 17.9 Å². The van der Waals surface area contributed by atoms with E-state index in [2.05, 4.69) is 34.9 Å². The Morgan fingerprint density at radius 1 is 1.40 bits per heavy atom. The van der Waals surface area contributed by atoms with Crippen LogP contribution in [0.25, 0.3) is 5.70 Å². The highest BCUT2D eigenvalue weighted by molar-refractivity contribution is 5.78. The predicted molar refractivity (Wildman–Crippen MR) is 85.9 cm³/mol. The van der Waals surface area contributed by atoms with E-state index in [1.807, 2.05) is 6.92 Å². The van der Waals surface area contributed by atoms with Crippen molar-refractivity contribution in [3.63, 3.8) is 0 Å². The van der Waals surface area contributed by atoms with Gasteiger partial charge in [-0.1, -0.05) is 25.8 Å². The molecule has 1 aliphatic carbocycles. The maximum Gasteiger partial charge on any atom is 0.136 e. The van der Waals surface area contributed by atoms with Gasteiger partial charge in [-0.2, -0.15) is 0 Å². The number of anilines is 1. The molecule has 0 atom stereocenters. The molecule has 1 aliphatic rings. The molecule has 0 spiro atoms. The molecule has 2 rings (SSSR count). The number of pyridine rings is 1. The van der Waals surface area contributed by atoms with Gasteiger partial charge in [0.15, 0.2) is 0 Å². The van der Waals surface area contributed by atoms with E-state index >= 15 is 0 Å². The van der Waals surface area contributed by atoms with Crippen molar-refractivity contribution in [3.05, 3.63) is 29.5 Å². The quantitative estimate of drug-likeness (QED) is 0.652. The lowest BCUT2D eigenvalue weighted by Crippen LogP contribution is -2.24. The van der Waals surface area contributed by atoms with E-state index in [0.29, 0.717) is 11.7 Å². The Morgan fingerprint density at radius 3 is 2.75 bits per heavy atom. The van der Waals surface area contributed by atoms with Crippen molar-refractivity contribution in [1.82, 2.24) is 4.98 Å². The van der Waals surface area contributed by atoms with E-state index in [1.54, 1.807) is 0 Å². The lowest BCUT2D eigenvalue weighted by molar-refractivity contribution is 0.461. The van der Waals surface area contributed by atoms with Crippen LogP contribution in [0.2, 0.25) is 0 Å². The van der Waals surface area contributed by atoms with Gasteiger partial charge in [0.2, 0.25) is 0 Å². The zero-order valence-corrected chi connectivity index (χ0v) is 12.4. The third-order valence-corrected chi connectivity index (χ3v) is 3.81. The van der Waals surface area contributed by atoms with Crippen molar-refractivity contribution in [3.8, 4) is 0 Å². The molecule has 4 heteroatoms. The van der Waals surface area contributed by atoms with Gasteiger partial charge < -0.3 is 11.1 Å². The zero-order chi connectivity index (χ0) is 14.5. The topological polar surface area (TPSA) is 63.3 Å². The second kappa shape index (κ2) is 6.55. The average Bonchev–Trinajstić information content (AvgIpc) is 2.39. The molecule has 3 N–H and O–H groups in total. The molecule has 1 saturated carbocycles. The zero-order valence-electron chi connectivity index (χ0n) is 12.4. The van der Waals surface area contributed by atoms with Gasteiger partial charge in [-0.3, -0.25) is 0 Å². The molecule has 108 valence electrons. The van der Waals surface area contributed by atoms with Crippen molar-refractivity contribution in [1.29, 1.82) is 0 Å². The lowest BCUT2D eigenvalue weighted by Gasteiger charge is -2.25. The number of aromatic nitrogens is 1. The Morgan fingerprint density at radius 2 is 2.10 bits per heavy atom. The van der Waals surface area contributed by atoms with Crippen LogP contribution in [0.15, 0.2) is 17.6 Å². The minimum Gasteiger partial charge on any atom is -0.390 e. The summed E-state index contributed by atoms with van der Waals surface area (Å²) in [6, 6.07) is 2.56. The lowest BCUT2D eigenvalue weighted by atomic mass is 9.95. The molecule has 0 unspecified atom stereocenters. The van der Waals surface area contributed by atoms with Gasteiger partial charge in [-0.25, -0.2) is 9.98 Å². The molecular weight excluding hydrogens is 248 g/mol. The van der Waals surface area contributed by atoms with Gasteiger partial charge in [0.1, 0.15) is 5.82 Å². The summed E-state index contributed by atoms with van der Waals surface area (Å²) in [4.78, 5) is 8.76. The van der Waals surface area contributed by atoms with Crippen LogP contribution in [0.1, 0.15) is 48.9 Å². The van der Waals surface area contributed by atoms with Crippen LogP contribution in [-0.4, -0.2) is 17.4 Å². The van der Waals surface area contributed by atoms with Crippen molar-refractivity contribution in [2.24, 2.45) is 10.7 Å². The van der Waals surface area contributed by atoms with Crippen LogP contribution >= 0.6 is 0 Å². The predicted octanol–water partition coefficient (Wildman–Crippen LogP) is 3.40. The summed E-state index contributed by atoms with van der Waals surface area (Å²) in [7, 11) is 0. The molecule has 1 aromatic rings. The SMILES string of the molecule is C=C(N=CN)c1c(C)cc(C)nc1NC1CCCCC1. The van der Waals surface area contributed by atoms with E-state index in [1.165, 1.54) is 38.4 Å². The third kappa shape index (κ3) is 3.38. The van der Waals surface area contributed by atoms with Crippen LogP contribution < -0.4 is 11.1 Å². The average molecular weight is 272 g/mol. The molecule has 1 aromatic heterocycles. The number of nitrogens with two attached hydrogens (primary N) is 1. The van der Waals surface area contributed by atoms with E-state index < -0.39 is 0 Å². The first-order valence-corrected chi connectivity index (χ1v) is 7.30. The molecule has 1 fully saturated rings. The fourth-order valence-electron chi connectivity index (χ4n) is 2.90. The number of aryl methyl sites for hydroxylation is 2. The first kappa shape index (κ1) is 14.6. The molecule has 1 heterocycles. The summed E-state index contributed by atoms with van der Waals surface area (Å²) < 4.78 is 0. The first-order valence-electron chi connectivity index (χ1n) is 7.30. The second-order valence-electron chi connectivity index (χ2n) is 5.51. The Kier molecular flexibility index (Phi) is 4.77. The van der Waals surface area contributed by atoms with Gasteiger partial charge in [-0.05, 0) is 38.3 Å². The number of nitrogens with one attached hydrogen (secondary N) is 1. The Labute approximate surface area is 121 Å². The van der Waals surface area contributed by atoms with Gasteiger partial charge >= 0.3 is 0 Å². The Hall–Kier alpha value is -1.84. The summed E-state index contributed by atoms with van der Waals surface area (Å²) in [5.41, 5.74) is 9.16. The van der Waals surface area contributed by atoms with E-state index in [4.69, 9.17) is 5.73 Å². The smallest absolute Gasteiger partial charge is 0.136 e.